The molecule has 1 saturated heterocycles. The van der Waals surface area contributed by atoms with E-state index in [4.69, 9.17) is 4.74 Å². The number of nitrogens with zero attached hydrogens (tertiary/aromatic N) is 2. The van der Waals surface area contributed by atoms with Crippen molar-refractivity contribution in [2.45, 2.75) is 31.8 Å². The predicted octanol–water partition coefficient (Wildman–Crippen LogP) is 4.11. The first-order valence-corrected chi connectivity index (χ1v) is 11.5. The van der Waals surface area contributed by atoms with Gasteiger partial charge in [0.1, 0.15) is 0 Å². The van der Waals surface area contributed by atoms with Gasteiger partial charge < -0.3 is 15.1 Å². The molecule has 7 heteroatoms. The van der Waals surface area contributed by atoms with Crippen LogP contribution in [0.4, 0.5) is 0 Å². The third kappa shape index (κ3) is 3.28. The summed E-state index contributed by atoms with van der Waals surface area (Å²) in [7, 11) is 1.67. The minimum atomic E-state index is -0.140. The fraction of sp³-hybridized carbons (Fsp3) is 0.333. The molecule has 1 fully saturated rings. The minimum Gasteiger partial charge on any atom is -0.383 e. The molecule has 0 bridgehead atoms. The zero-order chi connectivity index (χ0) is 21.5. The van der Waals surface area contributed by atoms with E-state index < -0.39 is 0 Å². The van der Waals surface area contributed by atoms with Gasteiger partial charge in [-0.3, -0.25) is 9.59 Å². The number of fused-ring (bicyclic) bond motifs is 3. The van der Waals surface area contributed by atoms with Crippen LogP contribution in [0.2, 0.25) is 0 Å². The molecule has 1 unspecified atom stereocenters. The summed E-state index contributed by atoms with van der Waals surface area (Å²) in [6.45, 7) is 3.26. The van der Waals surface area contributed by atoms with Crippen molar-refractivity contribution in [1.29, 1.82) is 0 Å². The molecule has 1 aromatic carbocycles. The molecule has 3 aromatic rings. The van der Waals surface area contributed by atoms with Crippen molar-refractivity contribution < 1.29 is 9.53 Å². The average molecular weight is 436 g/mol. The standard InChI is InChI=1S/C24H25N3O3S/c1-15-18-10-12-31-22(18)21-20(23(28)26-11-6-9-17(26)14-30-2)13-19(24(29)27(21)25-15)16-7-4-3-5-8-16/h3-5,7-8,10,12-13,15,17,25H,6,9,11,14H2,1-2H3/t15-,17?/m1/s1. The molecule has 31 heavy (non-hydrogen) atoms. The number of hydrogen-bond acceptors (Lipinski definition) is 5. The lowest BCUT2D eigenvalue weighted by atomic mass is 9.98. The van der Waals surface area contributed by atoms with Crippen molar-refractivity contribution in [3.8, 4) is 21.7 Å². The Hall–Kier alpha value is -2.90. The number of likely N-dealkylation sites (tertiary alicyclic amines) is 1. The number of amides is 1. The monoisotopic (exact) mass is 435 g/mol. The van der Waals surface area contributed by atoms with Crippen molar-refractivity contribution >= 4 is 17.2 Å². The molecule has 5 rings (SSSR count). The summed E-state index contributed by atoms with van der Waals surface area (Å²) in [6, 6.07) is 13.4. The highest BCUT2D eigenvalue weighted by atomic mass is 32.1. The molecule has 0 radical (unpaired) electrons. The van der Waals surface area contributed by atoms with Crippen molar-refractivity contribution in [3.63, 3.8) is 0 Å². The van der Waals surface area contributed by atoms with Gasteiger partial charge in [0.15, 0.2) is 0 Å². The largest absolute Gasteiger partial charge is 0.383 e. The first-order valence-electron chi connectivity index (χ1n) is 10.6. The molecular formula is C24H25N3O3S. The second kappa shape index (κ2) is 7.98. The minimum absolute atomic E-state index is 0.0200. The van der Waals surface area contributed by atoms with Crippen LogP contribution < -0.4 is 11.0 Å². The molecule has 2 aliphatic heterocycles. The molecule has 6 nitrogen and oxygen atoms in total. The molecule has 4 heterocycles. The zero-order valence-electron chi connectivity index (χ0n) is 17.6. The van der Waals surface area contributed by atoms with Gasteiger partial charge in [0.2, 0.25) is 0 Å². The number of ether oxygens (including phenoxy) is 1. The Balaban J connectivity index is 1.73. The van der Waals surface area contributed by atoms with Crippen LogP contribution in [0, 0.1) is 0 Å². The summed E-state index contributed by atoms with van der Waals surface area (Å²) in [5.41, 5.74) is 6.84. The van der Waals surface area contributed by atoms with Crippen LogP contribution in [0.1, 0.15) is 41.7 Å². The Bertz CT molecular complexity index is 1180. The third-order valence-electron chi connectivity index (χ3n) is 6.21. The maximum Gasteiger partial charge on any atom is 0.277 e. The first kappa shape index (κ1) is 20.0. The molecule has 1 amide bonds. The Kier molecular flexibility index (Phi) is 5.16. The van der Waals surface area contributed by atoms with Gasteiger partial charge in [0.25, 0.3) is 11.5 Å². The van der Waals surface area contributed by atoms with Gasteiger partial charge in [-0.05, 0) is 48.4 Å². The second-order valence-electron chi connectivity index (χ2n) is 8.13. The van der Waals surface area contributed by atoms with E-state index in [9.17, 15) is 9.59 Å². The van der Waals surface area contributed by atoms with Crippen LogP contribution in [0.25, 0.3) is 21.7 Å². The van der Waals surface area contributed by atoms with E-state index in [1.807, 2.05) is 47.5 Å². The third-order valence-corrected chi connectivity index (χ3v) is 7.15. The number of nitrogens with one attached hydrogen (secondary N) is 1. The maximum absolute atomic E-state index is 13.8. The zero-order valence-corrected chi connectivity index (χ0v) is 18.4. The number of benzene rings is 1. The van der Waals surface area contributed by atoms with E-state index in [-0.39, 0.29) is 23.6 Å². The molecule has 2 aromatic heterocycles. The van der Waals surface area contributed by atoms with Crippen LogP contribution in [-0.4, -0.2) is 41.8 Å². The Morgan fingerprint density at radius 3 is 2.84 bits per heavy atom. The normalized spacial score (nSPS) is 19.6. The van der Waals surface area contributed by atoms with Crippen LogP contribution in [0.3, 0.4) is 0 Å². The Morgan fingerprint density at radius 2 is 2.06 bits per heavy atom. The quantitative estimate of drug-likeness (QED) is 0.670. The van der Waals surface area contributed by atoms with Crippen molar-refractivity contribution in [2.24, 2.45) is 0 Å². The number of pyridine rings is 1. The number of rotatable bonds is 4. The van der Waals surface area contributed by atoms with Crippen LogP contribution in [-0.2, 0) is 4.74 Å². The molecule has 160 valence electrons. The average Bonchev–Trinajstić information content (AvgIpc) is 3.45. The van der Waals surface area contributed by atoms with E-state index in [2.05, 4.69) is 11.5 Å². The van der Waals surface area contributed by atoms with Gasteiger partial charge in [-0.25, -0.2) is 4.68 Å². The van der Waals surface area contributed by atoms with Gasteiger partial charge in [0.05, 0.1) is 34.8 Å². The summed E-state index contributed by atoms with van der Waals surface area (Å²) in [5, 5.41) is 2.02. The highest BCUT2D eigenvalue weighted by molar-refractivity contribution is 7.13. The number of hydrogen-bond donors (Lipinski definition) is 1. The molecule has 1 N–H and O–H groups in total. The van der Waals surface area contributed by atoms with Gasteiger partial charge >= 0.3 is 0 Å². The first-order chi connectivity index (χ1) is 15.1. The van der Waals surface area contributed by atoms with Gasteiger partial charge in [-0.2, -0.15) is 0 Å². The maximum atomic E-state index is 13.8. The van der Waals surface area contributed by atoms with E-state index in [0.717, 1.165) is 28.8 Å². The second-order valence-corrected chi connectivity index (χ2v) is 9.05. The molecule has 2 atom stereocenters. The van der Waals surface area contributed by atoms with E-state index >= 15 is 0 Å². The highest BCUT2D eigenvalue weighted by Crippen LogP contribution is 2.40. The number of methoxy groups -OCH3 is 1. The molecule has 0 saturated carbocycles. The smallest absolute Gasteiger partial charge is 0.277 e. The lowest BCUT2D eigenvalue weighted by Gasteiger charge is -2.30. The van der Waals surface area contributed by atoms with E-state index in [0.29, 0.717) is 30.0 Å². The van der Waals surface area contributed by atoms with E-state index in [1.165, 1.54) is 0 Å². The molecular weight excluding hydrogens is 410 g/mol. The fourth-order valence-electron chi connectivity index (χ4n) is 4.69. The highest BCUT2D eigenvalue weighted by Gasteiger charge is 2.35. The summed E-state index contributed by atoms with van der Waals surface area (Å²) < 4.78 is 6.95. The number of carbonyl (C=O) groups is 1. The number of thiophene rings is 1. The predicted molar refractivity (Wildman–Crippen MR) is 123 cm³/mol. The molecule has 0 aliphatic carbocycles. The van der Waals surface area contributed by atoms with Crippen LogP contribution >= 0.6 is 11.3 Å². The molecule has 0 spiro atoms. The molecule has 2 aliphatic rings. The Morgan fingerprint density at radius 1 is 1.26 bits per heavy atom. The van der Waals surface area contributed by atoms with Gasteiger partial charge in [-0.15, -0.1) is 11.3 Å². The van der Waals surface area contributed by atoms with Crippen molar-refractivity contribution in [1.82, 2.24) is 9.58 Å². The fourth-order valence-corrected chi connectivity index (χ4v) is 5.74. The SMILES string of the molecule is COCC1CCCN1C(=O)c1cc(-c2ccccc2)c(=O)n2c1-c1sccc1[C@@H](C)N2. The lowest BCUT2D eigenvalue weighted by molar-refractivity contribution is 0.0630. The topological polar surface area (TPSA) is 63.6 Å². The number of aromatic nitrogens is 1. The van der Waals surface area contributed by atoms with E-state index in [1.54, 1.807) is 29.2 Å². The Labute approximate surface area is 185 Å². The van der Waals surface area contributed by atoms with Crippen molar-refractivity contribution in [2.75, 3.05) is 25.7 Å². The summed E-state index contributed by atoms with van der Waals surface area (Å²) >= 11 is 1.57. The number of carbonyl (C=O) groups excluding carboxylic acids is 1. The lowest BCUT2D eigenvalue weighted by Crippen LogP contribution is -2.41. The van der Waals surface area contributed by atoms with Crippen molar-refractivity contribution in [3.05, 3.63) is 69.3 Å². The summed E-state index contributed by atoms with van der Waals surface area (Å²) in [4.78, 5) is 30.2. The van der Waals surface area contributed by atoms with Crippen LogP contribution in [0.15, 0.2) is 52.6 Å². The van der Waals surface area contributed by atoms with Gasteiger partial charge in [0, 0.05) is 19.2 Å². The van der Waals surface area contributed by atoms with Gasteiger partial charge in [-0.1, -0.05) is 30.3 Å². The summed E-state index contributed by atoms with van der Waals surface area (Å²) in [5.74, 6) is -0.0452. The van der Waals surface area contributed by atoms with Crippen LogP contribution in [0.5, 0.6) is 0 Å². The summed E-state index contributed by atoms with van der Waals surface area (Å²) in [6.07, 6.45) is 1.89.